The van der Waals surface area contributed by atoms with Gasteiger partial charge >= 0.3 is 278 Å². The van der Waals surface area contributed by atoms with Crippen molar-refractivity contribution < 1.29 is 24.1 Å². The van der Waals surface area contributed by atoms with Crippen LogP contribution < -0.4 is 0 Å². The zero-order chi connectivity index (χ0) is 31.7. The van der Waals surface area contributed by atoms with Gasteiger partial charge in [-0.25, -0.2) is 0 Å². The molecule has 1 saturated heterocycles. The van der Waals surface area contributed by atoms with Crippen molar-refractivity contribution in [1.82, 2.24) is 0 Å². The molecule has 0 saturated carbocycles. The van der Waals surface area contributed by atoms with Crippen molar-refractivity contribution in [2.75, 3.05) is 6.61 Å². The fourth-order valence-electron chi connectivity index (χ4n) is 6.75. The molecule has 0 bridgehead atoms. The summed E-state index contributed by atoms with van der Waals surface area (Å²) >= 11 is -3.10. The van der Waals surface area contributed by atoms with Gasteiger partial charge in [-0.1, -0.05) is 0 Å². The number of hydrogen-bond acceptors (Lipinski definition) is 5. The first-order valence-electron chi connectivity index (χ1n) is 17.4. The SMILES string of the molecule is CCC[CH2][Sn]([CH2]CCC)([CH2]CCC)[C@H]1O[C@H](COCc2ccccc2)[C@H](OCc2ccccc2)[C@H](OCc2ccccc2)[C@H]1O. The second kappa shape index (κ2) is 19.8. The maximum absolute atomic E-state index is 12.4. The third-order valence-electron chi connectivity index (χ3n) is 9.31. The Labute approximate surface area is 276 Å². The van der Waals surface area contributed by atoms with Crippen molar-refractivity contribution in [2.24, 2.45) is 0 Å². The van der Waals surface area contributed by atoms with E-state index >= 15 is 0 Å². The van der Waals surface area contributed by atoms with Gasteiger partial charge in [0.1, 0.15) is 0 Å². The van der Waals surface area contributed by atoms with Crippen LogP contribution in [-0.2, 0) is 38.8 Å². The van der Waals surface area contributed by atoms with E-state index in [4.69, 9.17) is 18.9 Å². The molecule has 4 rings (SSSR count). The van der Waals surface area contributed by atoms with Gasteiger partial charge in [0.05, 0.1) is 0 Å². The molecule has 0 spiro atoms. The molecule has 0 unspecified atom stereocenters. The molecule has 6 heteroatoms. The van der Waals surface area contributed by atoms with Gasteiger partial charge in [0.2, 0.25) is 0 Å². The van der Waals surface area contributed by atoms with Crippen molar-refractivity contribution in [3.63, 3.8) is 0 Å². The molecule has 0 amide bonds. The summed E-state index contributed by atoms with van der Waals surface area (Å²) in [6.07, 6.45) is 5.05. The topological polar surface area (TPSA) is 57.2 Å². The number of ether oxygens (including phenoxy) is 4. The minimum atomic E-state index is -3.10. The standard InChI is InChI=1S/C27H29O5.3C4H9.Sn/c28-24-19-30-25(20-29-16-21-10-4-1-5-11-21)27(32-18-23-14-8-3-9-15-23)26(24)31-17-22-12-6-2-7-13-22;3*1-3-4-2;/h1-15,19,24-28H,16-18,20H2;3*1,3-4H2,2H3;/t24-,25+,26+,27-;;;;/m0..../s1. The third-order valence-corrected chi connectivity index (χ3v) is 25.7. The van der Waals surface area contributed by atoms with E-state index in [-0.39, 0.29) is 10.2 Å². The normalized spacial score (nSPS) is 22.0. The number of aliphatic hydroxyl groups is 1. The van der Waals surface area contributed by atoms with Crippen LogP contribution in [-0.4, -0.2) is 58.6 Å². The summed E-state index contributed by atoms with van der Waals surface area (Å²) in [5, 5.41) is 12.4. The number of benzene rings is 3. The second-order valence-corrected chi connectivity index (χ2v) is 26.5. The van der Waals surface area contributed by atoms with Crippen molar-refractivity contribution in [3.05, 3.63) is 108 Å². The maximum atomic E-state index is 12.4. The average molecular weight is 724 g/mol. The Bertz CT molecular complexity index is 1160. The summed E-state index contributed by atoms with van der Waals surface area (Å²) in [7, 11) is 0. The Morgan fingerprint density at radius 3 is 1.47 bits per heavy atom. The Kier molecular flexibility index (Phi) is 15.9. The molecule has 0 aliphatic carbocycles. The summed E-state index contributed by atoms with van der Waals surface area (Å²) in [6, 6.07) is 30.8. The fraction of sp³-hybridized carbons (Fsp3) is 0.538. The molecule has 1 heterocycles. The molecule has 1 aliphatic rings. The fourth-order valence-corrected chi connectivity index (χ4v) is 24.3. The van der Waals surface area contributed by atoms with Crippen LogP contribution in [0.5, 0.6) is 0 Å². The van der Waals surface area contributed by atoms with E-state index in [2.05, 4.69) is 57.2 Å². The third kappa shape index (κ3) is 10.9. The molecular formula is C39H56O5Sn. The quantitative estimate of drug-likeness (QED) is 0.118. The van der Waals surface area contributed by atoms with Crippen LogP contribution in [0.2, 0.25) is 13.3 Å². The van der Waals surface area contributed by atoms with Gasteiger partial charge in [-0.05, 0) is 0 Å². The Hall–Kier alpha value is -1.74. The minimum absolute atomic E-state index is 0.161. The molecule has 1 fully saturated rings. The van der Waals surface area contributed by atoms with Crippen LogP contribution >= 0.6 is 0 Å². The molecule has 5 atom stereocenters. The summed E-state index contributed by atoms with van der Waals surface area (Å²) in [5.74, 6) is 0. The van der Waals surface area contributed by atoms with Gasteiger partial charge < -0.3 is 0 Å². The van der Waals surface area contributed by atoms with Crippen LogP contribution in [0, 0.1) is 0 Å². The summed E-state index contributed by atoms with van der Waals surface area (Å²) < 4.78 is 30.6. The zero-order valence-corrected chi connectivity index (χ0v) is 30.7. The van der Waals surface area contributed by atoms with Crippen molar-refractivity contribution in [2.45, 2.75) is 121 Å². The molecule has 5 nitrogen and oxygen atoms in total. The van der Waals surface area contributed by atoms with Gasteiger partial charge in [-0.2, -0.15) is 0 Å². The number of unbranched alkanes of at least 4 members (excludes halogenated alkanes) is 3. The molecule has 0 aromatic heterocycles. The summed E-state index contributed by atoms with van der Waals surface area (Å²) in [5.41, 5.74) is 3.30. The molecule has 0 radical (unpaired) electrons. The number of aliphatic hydroxyl groups excluding tert-OH is 1. The van der Waals surface area contributed by atoms with Crippen LogP contribution in [0.4, 0.5) is 0 Å². The van der Waals surface area contributed by atoms with E-state index < -0.39 is 36.7 Å². The Balaban J connectivity index is 1.68. The Morgan fingerprint density at radius 2 is 1.02 bits per heavy atom. The van der Waals surface area contributed by atoms with E-state index in [1.54, 1.807) is 0 Å². The molecular weight excluding hydrogens is 667 g/mol. The zero-order valence-electron chi connectivity index (χ0n) is 27.8. The number of rotatable bonds is 20. The van der Waals surface area contributed by atoms with Gasteiger partial charge in [0.25, 0.3) is 0 Å². The molecule has 1 N–H and O–H groups in total. The molecule has 1 aliphatic heterocycles. The van der Waals surface area contributed by atoms with Gasteiger partial charge in [-0.15, -0.1) is 0 Å². The Morgan fingerprint density at radius 1 is 0.600 bits per heavy atom. The summed E-state index contributed by atoms with van der Waals surface area (Å²) in [6.45, 7) is 8.59. The first-order chi connectivity index (χ1) is 22.1. The van der Waals surface area contributed by atoms with E-state index in [0.717, 1.165) is 16.7 Å². The predicted octanol–water partition coefficient (Wildman–Crippen LogP) is 8.89. The molecule has 3 aromatic rings. The van der Waals surface area contributed by atoms with Crippen LogP contribution in [0.3, 0.4) is 0 Å². The van der Waals surface area contributed by atoms with E-state index in [9.17, 15) is 5.11 Å². The van der Waals surface area contributed by atoms with Crippen molar-refractivity contribution >= 4 is 18.4 Å². The van der Waals surface area contributed by atoms with Crippen LogP contribution in [0.1, 0.15) is 76.0 Å². The van der Waals surface area contributed by atoms with Crippen molar-refractivity contribution in [3.8, 4) is 0 Å². The predicted molar refractivity (Wildman–Crippen MR) is 186 cm³/mol. The summed E-state index contributed by atoms with van der Waals surface area (Å²) in [4.78, 5) is 0. The van der Waals surface area contributed by atoms with Gasteiger partial charge in [0, 0.05) is 0 Å². The first-order valence-corrected chi connectivity index (χ1v) is 25.1. The first kappa shape index (κ1) is 36.1. The van der Waals surface area contributed by atoms with Crippen LogP contribution in [0.25, 0.3) is 0 Å². The monoisotopic (exact) mass is 724 g/mol. The molecule has 246 valence electrons. The molecule has 3 aromatic carbocycles. The van der Waals surface area contributed by atoms with Gasteiger partial charge in [0.15, 0.2) is 0 Å². The van der Waals surface area contributed by atoms with Gasteiger partial charge in [-0.3, -0.25) is 0 Å². The van der Waals surface area contributed by atoms with Crippen molar-refractivity contribution in [1.29, 1.82) is 0 Å². The van der Waals surface area contributed by atoms with Crippen LogP contribution in [0.15, 0.2) is 91.0 Å². The number of hydrogen-bond donors (Lipinski definition) is 1. The van der Waals surface area contributed by atoms with E-state index in [1.165, 1.54) is 51.8 Å². The van der Waals surface area contributed by atoms with E-state index in [0.29, 0.717) is 26.4 Å². The average Bonchev–Trinajstić information content (AvgIpc) is 3.09. The molecule has 45 heavy (non-hydrogen) atoms. The second-order valence-electron chi connectivity index (χ2n) is 12.8. The van der Waals surface area contributed by atoms with E-state index in [1.807, 2.05) is 54.6 Å².